The number of nitrogens with zero attached hydrogens (tertiary/aromatic N) is 3. The minimum absolute atomic E-state index is 0.148. The van der Waals surface area contributed by atoms with Gasteiger partial charge < -0.3 is 4.57 Å². The molecule has 0 bridgehead atoms. The van der Waals surface area contributed by atoms with Gasteiger partial charge in [0.1, 0.15) is 10.7 Å². The van der Waals surface area contributed by atoms with Gasteiger partial charge >= 0.3 is 0 Å². The molecule has 0 saturated heterocycles. The molecule has 5 nitrogen and oxygen atoms in total. The lowest BCUT2D eigenvalue weighted by Gasteiger charge is -2.02. The van der Waals surface area contributed by atoms with Crippen LogP contribution in [0.15, 0.2) is 17.5 Å². The first-order valence-corrected chi connectivity index (χ1v) is 7.55. The predicted molar refractivity (Wildman–Crippen MR) is 78.0 cm³/mol. The fourth-order valence-electron chi connectivity index (χ4n) is 1.88. The molecule has 0 unspecified atom stereocenters. The topological polar surface area (TPSA) is 59.8 Å². The molecule has 0 spiro atoms. The summed E-state index contributed by atoms with van der Waals surface area (Å²) in [7, 11) is 1.89. The summed E-state index contributed by atoms with van der Waals surface area (Å²) < 4.78 is 3.00. The summed E-state index contributed by atoms with van der Waals surface area (Å²) in [6.07, 6.45) is 0.827. The zero-order chi connectivity index (χ0) is 13.4. The second-order valence-corrected chi connectivity index (χ2v) is 6.08. The Bertz CT molecular complexity index is 740. The third-order valence-electron chi connectivity index (χ3n) is 2.89. The Balaban J connectivity index is 1.87. The van der Waals surface area contributed by atoms with E-state index in [-0.39, 0.29) is 5.91 Å². The van der Waals surface area contributed by atoms with Crippen molar-refractivity contribution in [3.05, 3.63) is 28.2 Å². The van der Waals surface area contributed by atoms with E-state index in [1.165, 1.54) is 11.3 Å². The SMILES string of the molecule is CCc1nnc(NC(=O)c2cc3sccc3n2C)s1. The predicted octanol–water partition coefficient (Wildman–Crippen LogP) is 2.91. The lowest BCUT2D eigenvalue weighted by atomic mass is 10.4. The van der Waals surface area contributed by atoms with Gasteiger partial charge in [0.25, 0.3) is 5.91 Å². The Morgan fingerprint density at radius 2 is 2.32 bits per heavy atom. The number of amides is 1. The van der Waals surface area contributed by atoms with Crippen molar-refractivity contribution in [1.82, 2.24) is 14.8 Å². The summed E-state index contributed by atoms with van der Waals surface area (Å²) in [5.74, 6) is -0.148. The Morgan fingerprint density at radius 1 is 1.47 bits per heavy atom. The number of aryl methyl sites for hydroxylation is 2. The van der Waals surface area contributed by atoms with Crippen LogP contribution in [0.2, 0.25) is 0 Å². The zero-order valence-corrected chi connectivity index (χ0v) is 12.1. The third-order valence-corrected chi connectivity index (χ3v) is 4.72. The van der Waals surface area contributed by atoms with Gasteiger partial charge in [-0.2, -0.15) is 0 Å². The number of carbonyl (C=O) groups is 1. The monoisotopic (exact) mass is 292 g/mol. The van der Waals surface area contributed by atoms with E-state index in [1.807, 2.05) is 36.1 Å². The highest BCUT2D eigenvalue weighted by atomic mass is 32.1. The van der Waals surface area contributed by atoms with Gasteiger partial charge in [-0.15, -0.1) is 21.5 Å². The molecule has 7 heteroatoms. The number of rotatable bonds is 3. The lowest BCUT2D eigenvalue weighted by Crippen LogP contribution is -2.15. The molecule has 0 atom stereocenters. The van der Waals surface area contributed by atoms with E-state index in [0.717, 1.165) is 21.6 Å². The minimum Gasteiger partial charge on any atom is -0.339 e. The molecule has 0 aromatic carbocycles. The van der Waals surface area contributed by atoms with Crippen molar-refractivity contribution in [1.29, 1.82) is 0 Å². The van der Waals surface area contributed by atoms with E-state index in [2.05, 4.69) is 15.5 Å². The summed E-state index contributed by atoms with van der Waals surface area (Å²) in [5.41, 5.74) is 1.71. The molecule has 0 fully saturated rings. The van der Waals surface area contributed by atoms with Crippen LogP contribution in [0.1, 0.15) is 22.4 Å². The van der Waals surface area contributed by atoms with Gasteiger partial charge in [0.2, 0.25) is 5.13 Å². The average molecular weight is 292 g/mol. The molecule has 0 aliphatic heterocycles. The molecule has 3 heterocycles. The number of fused-ring (bicyclic) bond motifs is 1. The maximum Gasteiger partial charge on any atom is 0.274 e. The van der Waals surface area contributed by atoms with Gasteiger partial charge in [-0.25, -0.2) is 0 Å². The molecule has 3 aromatic rings. The number of hydrogen-bond acceptors (Lipinski definition) is 5. The molecule has 0 radical (unpaired) electrons. The fourth-order valence-corrected chi connectivity index (χ4v) is 3.40. The Hall–Kier alpha value is -1.73. The second kappa shape index (κ2) is 4.75. The minimum atomic E-state index is -0.148. The van der Waals surface area contributed by atoms with E-state index in [1.54, 1.807) is 11.3 Å². The first-order chi connectivity index (χ1) is 9.19. The van der Waals surface area contributed by atoms with Gasteiger partial charge in [0, 0.05) is 7.05 Å². The van der Waals surface area contributed by atoms with Crippen LogP contribution in [-0.2, 0) is 13.5 Å². The highest BCUT2D eigenvalue weighted by Crippen LogP contribution is 2.25. The molecule has 0 saturated carbocycles. The number of anilines is 1. The van der Waals surface area contributed by atoms with Crippen LogP contribution in [0, 0.1) is 0 Å². The van der Waals surface area contributed by atoms with Crippen molar-refractivity contribution in [3.63, 3.8) is 0 Å². The number of thiophene rings is 1. The molecule has 1 N–H and O–H groups in total. The first-order valence-electron chi connectivity index (χ1n) is 5.85. The average Bonchev–Trinajstić information content (AvgIpc) is 3.07. The maximum absolute atomic E-state index is 12.2. The number of nitrogens with one attached hydrogen (secondary N) is 1. The fraction of sp³-hybridized carbons (Fsp3) is 0.250. The van der Waals surface area contributed by atoms with Crippen LogP contribution in [0.5, 0.6) is 0 Å². The van der Waals surface area contributed by atoms with E-state index in [9.17, 15) is 4.79 Å². The van der Waals surface area contributed by atoms with E-state index in [0.29, 0.717) is 10.8 Å². The van der Waals surface area contributed by atoms with Crippen molar-refractivity contribution in [2.24, 2.45) is 7.05 Å². The third kappa shape index (κ3) is 2.15. The highest BCUT2D eigenvalue weighted by molar-refractivity contribution is 7.17. The summed E-state index contributed by atoms with van der Waals surface area (Å²) in [6.45, 7) is 2.01. The maximum atomic E-state index is 12.2. The van der Waals surface area contributed by atoms with Crippen LogP contribution < -0.4 is 5.32 Å². The van der Waals surface area contributed by atoms with E-state index >= 15 is 0 Å². The van der Waals surface area contributed by atoms with E-state index < -0.39 is 0 Å². The second-order valence-electron chi connectivity index (χ2n) is 4.07. The quantitative estimate of drug-likeness (QED) is 0.807. The van der Waals surface area contributed by atoms with E-state index in [4.69, 9.17) is 0 Å². The van der Waals surface area contributed by atoms with Crippen molar-refractivity contribution in [2.45, 2.75) is 13.3 Å². The molecule has 3 aromatic heterocycles. The Kier molecular flexibility index (Phi) is 3.08. The van der Waals surface area contributed by atoms with Gasteiger partial charge in [-0.3, -0.25) is 10.1 Å². The Morgan fingerprint density at radius 3 is 3.00 bits per heavy atom. The van der Waals surface area contributed by atoms with Gasteiger partial charge in [-0.1, -0.05) is 18.3 Å². The van der Waals surface area contributed by atoms with Crippen molar-refractivity contribution >= 4 is 43.9 Å². The van der Waals surface area contributed by atoms with Gasteiger partial charge in [0.05, 0.1) is 10.2 Å². The molecule has 98 valence electrons. The first kappa shape index (κ1) is 12.3. The van der Waals surface area contributed by atoms with Crippen LogP contribution in [0.25, 0.3) is 10.2 Å². The van der Waals surface area contributed by atoms with Crippen molar-refractivity contribution in [2.75, 3.05) is 5.32 Å². The molecular formula is C12H12N4OS2. The standard InChI is InChI=1S/C12H12N4OS2/c1-3-10-14-15-12(19-10)13-11(17)8-6-9-7(16(8)2)4-5-18-9/h4-6H,3H2,1-2H3,(H,13,15,17). The molecule has 0 aliphatic rings. The van der Waals surface area contributed by atoms with Crippen LogP contribution in [0.4, 0.5) is 5.13 Å². The Labute approximate surface area is 117 Å². The molecule has 3 rings (SSSR count). The van der Waals surface area contributed by atoms with Crippen LogP contribution in [0.3, 0.4) is 0 Å². The molecule has 0 aliphatic carbocycles. The number of hydrogen-bond donors (Lipinski definition) is 1. The largest absolute Gasteiger partial charge is 0.339 e. The summed E-state index contributed by atoms with van der Waals surface area (Å²) >= 11 is 3.04. The zero-order valence-electron chi connectivity index (χ0n) is 10.5. The van der Waals surface area contributed by atoms with Gasteiger partial charge in [-0.05, 0) is 23.9 Å². The van der Waals surface area contributed by atoms with Crippen molar-refractivity contribution in [3.8, 4) is 0 Å². The smallest absolute Gasteiger partial charge is 0.274 e. The molecular weight excluding hydrogens is 280 g/mol. The normalized spacial score (nSPS) is 11.1. The lowest BCUT2D eigenvalue weighted by molar-refractivity contribution is 0.101. The summed E-state index contributed by atoms with van der Waals surface area (Å²) in [5, 5.41) is 14.2. The summed E-state index contributed by atoms with van der Waals surface area (Å²) in [6, 6.07) is 3.91. The summed E-state index contributed by atoms with van der Waals surface area (Å²) in [4.78, 5) is 12.2. The number of aromatic nitrogens is 3. The van der Waals surface area contributed by atoms with Crippen LogP contribution in [-0.4, -0.2) is 20.7 Å². The highest BCUT2D eigenvalue weighted by Gasteiger charge is 2.15. The van der Waals surface area contributed by atoms with Gasteiger partial charge in [0.15, 0.2) is 0 Å². The van der Waals surface area contributed by atoms with Crippen molar-refractivity contribution < 1.29 is 4.79 Å². The molecule has 1 amide bonds. The number of carbonyl (C=O) groups excluding carboxylic acids is 1. The molecule has 19 heavy (non-hydrogen) atoms. The van der Waals surface area contributed by atoms with Crippen LogP contribution >= 0.6 is 22.7 Å².